The SMILES string of the molecule is Nc1ccc(F)cc1S(=O)(=O)Nc1cccc2cccnc12. The van der Waals surface area contributed by atoms with Gasteiger partial charge in [0.1, 0.15) is 10.7 Å². The lowest BCUT2D eigenvalue weighted by Crippen LogP contribution is -2.15. The Morgan fingerprint density at radius 3 is 2.68 bits per heavy atom. The molecule has 0 amide bonds. The van der Waals surface area contributed by atoms with Crippen molar-refractivity contribution in [3.05, 3.63) is 60.5 Å². The number of aromatic nitrogens is 1. The number of nitrogen functional groups attached to an aromatic ring is 1. The molecule has 3 N–H and O–H groups in total. The van der Waals surface area contributed by atoms with Crippen LogP contribution >= 0.6 is 0 Å². The van der Waals surface area contributed by atoms with Gasteiger partial charge in [-0.3, -0.25) is 9.71 Å². The predicted molar refractivity (Wildman–Crippen MR) is 83.4 cm³/mol. The maximum atomic E-state index is 13.3. The molecule has 22 heavy (non-hydrogen) atoms. The van der Waals surface area contributed by atoms with Crippen molar-refractivity contribution >= 4 is 32.3 Å². The Hall–Kier alpha value is -2.67. The molecule has 1 aromatic heterocycles. The van der Waals surface area contributed by atoms with E-state index in [0.29, 0.717) is 11.2 Å². The van der Waals surface area contributed by atoms with Crippen molar-refractivity contribution in [3.63, 3.8) is 0 Å². The van der Waals surface area contributed by atoms with Crippen LogP contribution in [0.4, 0.5) is 15.8 Å². The monoisotopic (exact) mass is 317 g/mol. The second-order valence-corrected chi connectivity index (χ2v) is 6.32. The van der Waals surface area contributed by atoms with Crippen molar-refractivity contribution in [1.29, 1.82) is 0 Å². The second-order valence-electron chi connectivity index (χ2n) is 4.67. The van der Waals surface area contributed by atoms with Crippen LogP contribution in [0.25, 0.3) is 10.9 Å². The molecule has 0 fully saturated rings. The number of benzene rings is 2. The van der Waals surface area contributed by atoms with Gasteiger partial charge in [0.25, 0.3) is 10.0 Å². The summed E-state index contributed by atoms with van der Waals surface area (Å²) >= 11 is 0. The van der Waals surface area contributed by atoms with Crippen LogP contribution in [0.15, 0.2) is 59.6 Å². The molecule has 0 bridgehead atoms. The maximum Gasteiger partial charge on any atom is 0.264 e. The molecule has 0 saturated carbocycles. The minimum Gasteiger partial charge on any atom is -0.398 e. The van der Waals surface area contributed by atoms with E-state index in [1.165, 1.54) is 6.07 Å². The van der Waals surface area contributed by atoms with Gasteiger partial charge in [-0.15, -0.1) is 0 Å². The molecule has 3 rings (SSSR count). The Kier molecular flexibility index (Phi) is 3.42. The van der Waals surface area contributed by atoms with Gasteiger partial charge in [-0.05, 0) is 30.3 Å². The largest absolute Gasteiger partial charge is 0.398 e. The summed E-state index contributed by atoms with van der Waals surface area (Å²) in [5, 5.41) is 0.787. The summed E-state index contributed by atoms with van der Waals surface area (Å²) in [4.78, 5) is 3.86. The number of anilines is 2. The summed E-state index contributed by atoms with van der Waals surface area (Å²) in [6.07, 6.45) is 1.57. The molecule has 0 radical (unpaired) electrons. The average Bonchev–Trinajstić information content (AvgIpc) is 2.50. The third-order valence-electron chi connectivity index (χ3n) is 3.14. The number of pyridine rings is 1. The van der Waals surface area contributed by atoms with Gasteiger partial charge in [0.05, 0.1) is 16.9 Å². The molecule has 0 aliphatic rings. The van der Waals surface area contributed by atoms with E-state index >= 15 is 0 Å². The summed E-state index contributed by atoms with van der Waals surface area (Å²) in [5.74, 6) is -0.675. The zero-order valence-corrected chi connectivity index (χ0v) is 12.1. The van der Waals surface area contributed by atoms with E-state index in [2.05, 4.69) is 9.71 Å². The lowest BCUT2D eigenvalue weighted by molar-refractivity contribution is 0.596. The van der Waals surface area contributed by atoms with Gasteiger partial charge in [-0.2, -0.15) is 0 Å². The van der Waals surface area contributed by atoms with E-state index in [-0.39, 0.29) is 10.6 Å². The van der Waals surface area contributed by atoms with Crippen LogP contribution in [0.1, 0.15) is 0 Å². The number of sulfonamides is 1. The molecular formula is C15H12FN3O2S. The zero-order chi connectivity index (χ0) is 15.7. The van der Waals surface area contributed by atoms with Gasteiger partial charge in [-0.1, -0.05) is 18.2 Å². The molecular weight excluding hydrogens is 305 g/mol. The minimum atomic E-state index is -4.01. The summed E-state index contributed by atoms with van der Waals surface area (Å²) in [6.45, 7) is 0. The van der Waals surface area contributed by atoms with Crippen molar-refractivity contribution in [3.8, 4) is 0 Å². The number of rotatable bonds is 3. The fourth-order valence-corrected chi connectivity index (χ4v) is 3.34. The number of nitrogens with one attached hydrogen (secondary N) is 1. The molecule has 0 aliphatic heterocycles. The van der Waals surface area contributed by atoms with E-state index in [0.717, 1.165) is 17.5 Å². The normalized spacial score (nSPS) is 11.5. The first-order valence-electron chi connectivity index (χ1n) is 6.39. The third kappa shape index (κ3) is 2.58. The van der Waals surface area contributed by atoms with Crippen molar-refractivity contribution in [1.82, 2.24) is 4.98 Å². The third-order valence-corrected chi connectivity index (χ3v) is 4.56. The first-order chi connectivity index (χ1) is 10.5. The molecule has 0 saturated heterocycles. The fraction of sp³-hybridized carbons (Fsp3) is 0. The topological polar surface area (TPSA) is 85.1 Å². The molecule has 7 heteroatoms. The highest BCUT2D eigenvalue weighted by atomic mass is 32.2. The van der Waals surface area contributed by atoms with Crippen LogP contribution in [0.3, 0.4) is 0 Å². The van der Waals surface area contributed by atoms with E-state index in [4.69, 9.17) is 5.73 Å². The molecule has 0 aliphatic carbocycles. The number of halogens is 1. The molecule has 2 aromatic carbocycles. The Balaban J connectivity index is 2.09. The molecule has 1 heterocycles. The fourth-order valence-electron chi connectivity index (χ4n) is 2.13. The minimum absolute atomic E-state index is 0.0258. The van der Waals surface area contributed by atoms with Gasteiger partial charge < -0.3 is 5.73 Å². The van der Waals surface area contributed by atoms with Crippen molar-refractivity contribution in [2.45, 2.75) is 4.90 Å². The lowest BCUT2D eigenvalue weighted by atomic mass is 10.2. The Bertz CT molecular complexity index is 953. The number of nitrogens with two attached hydrogens (primary N) is 1. The van der Waals surface area contributed by atoms with Crippen LogP contribution in [-0.4, -0.2) is 13.4 Å². The van der Waals surface area contributed by atoms with Gasteiger partial charge in [-0.25, -0.2) is 12.8 Å². The highest BCUT2D eigenvalue weighted by Crippen LogP contribution is 2.26. The zero-order valence-electron chi connectivity index (χ0n) is 11.3. The van der Waals surface area contributed by atoms with E-state index < -0.39 is 15.8 Å². The predicted octanol–water partition coefficient (Wildman–Crippen LogP) is 2.76. The maximum absolute atomic E-state index is 13.3. The molecule has 3 aromatic rings. The summed E-state index contributed by atoms with van der Waals surface area (Å²) in [7, 11) is -4.01. The highest BCUT2D eigenvalue weighted by molar-refractivity contribution is 7.93. The van der Waals surface area contributed by atoms with Gasteiger partial charge >= 0.3 is 0 Å². The standard InChI is InChI=1S/C15H12FN3O2S/c16-11-6-7-12(17)14(9-11)22(20,21)19-13-5-1-3-10-4-2-8-18-15(10)13/h1-9,19H,17H2. The number of fused-ring (bicyclic) bond motifs is 1. The number of hydrogen-bond acceptors (Lipinski definition) is 4. The smallest absolute Gasteiger partial charge is 0.264 e. The first kappa shape index (κ1) is 14.3. The summed E-state index contributed by atoms with van der Waals surface area (Å²) in [6, 6.07) is 11.9. The molecule has 0 unspecified atom stereocenters. The highest BCUT2D eigenvalue weighted by Gasteiger charge is 2.19. The number of hydrogen-bond donors (Lipinski definition) is 2. The quantitative estimate of drug-likeness (QED) is 0.727. The second kappa shape index (κ2) is 5.27. The first-order valence-corrected chi connectivity index (χ1v) is 7.87. The number of nitrogens with zero attached hydrogens (tertiary/aromatic N) is 1. The number of para-hydroxylation sites is 1. The van der Waals surface area contributed by atoms with E-state index in [1.54, 1.807) is 24.4 Å². The van der Waals surface area contributed by atoms with Crippen molar-refractivity contribution < 1.29 is 12.8 Å². The summed E-state index contributed by atoms with van der Waals surface area (Å²) < 4.78 is 40.6. The Labute approximate surface area is 126 Å². The van der Waals surface area contributed by atoms with Crippen LogP contribution < -0.4 is 10.5 Å². The molecule has 0 atom stereocenters. The molecule has 5 nitrogen and oxygen atoms in total. The van der Waals surface area contributed by atoms with Crippen LogP contribution in [-0.2, 0) is 10.0 Å². The van der Waals surface area contributed by atoms with Gasteiger partial charge in [0.2, 0.25) is 0 Å². The van der Waals surface area contributed by atoms with Crippen LogP contribution in [0.2, 0.25) is 0 Å². The molecule has 112 valence electrons. The van der Waals surface area contributed by atoms with Gasteiger partial charge in [0.15, 0.2) is 0 Å². The van der Waals surface area contributed by atoms with Crippen molar-refractivity contribution in [2.24, 2.45) is 0 Å². The molecule has 0 spiro atoms. The average molecular weight is 317 g/mol. The van der Waals surface area contributed by atoms with Crippen molar-refractivity contribution in [2.75, 3.05) is 10.5 Å². The van der Waals surface area contributed by atoms with Gasteiger partial charge in [0, 0.05) is 11.6 Å². The van der Waals surface area contributed by atoms with E-state index in [1.807, 2.05) is 12.1 Å². The lowest BCUT2D eigenvalue weighted by Gasteiger charge is -2.11. The Morgan fingerprint density at radius 2 is 1.86 bits per heavy atom. The van der Waals surface area contributed by atoms with E-state index in [9.17, 15) is 12.8 Å². The summed E-state index contributed by atoms with van der Waals surface area (Å²) in [5.41, 5.74) is 6.43. The Morgan fingerprint density at radius 1 is 1.09 bits per heavy atom. The van der Waals surface area contributed by atoms with Crippen LogP contribution in [0, 0.1) is 5.82 Å². The van der Waals surface area contributed by atoms with Crippen LogP contribution in [0.5, 0.6) is 0 Å².